The molecule has 1 aromatic rings. The van der Waals surface area contributed by atoms with Gasteiger partial charge in [-0.15, -0.1) is 0 Å². The first-order valence-corrected chi connectivity index (χ1v) is 8.37. The lowest BCUT2D eigenvalue weighted by Gasteiger charge is -2.26. The Morgan fingerprint density at radius 3 is 2.83 bits per heavy atom. The maximum Gasteiger partial charge on any atom is 0.263 e. The molecule has 2 rings (SSSR count). The molecule has 0 atom stereocenters. The van der Waals surface area contributed by atoms with Gasteiger partial charge in [0.05, 0.1) is 0 Å². The first-order chi connectivity index (χ1) is 11.7. The number of rotatable bonds is 7. The molecule has 1 heterocycles. The molecule has 0 bridgehead atoms. The lowest BCUT2D eigenvalue weighted by Crippen LogP contribution is -2.45. The summed E-state index contributed by atoms with van der Waals surface area (Å²) >= 11 is 6.04. The average molecular weight is 348 g/mol. The molecule has 3 N–H and O–H groups in total. The van der Waals surface area contributed by atoms with Crippen LogP contribution >= 0.6 is 11.6 Å². The smallest absolute Gasteiger partial charge is 0.263 e. The molecule has 0 saturated carbocycles. The number of nitrogens with zero attached hydrogens (tertiary/aromatic N) is 2. The van der Waals surface area contributed by atoms with Crippen molar-refractivity contribution in [2.45, 2.75) is 6.54 Å². The second-order valence-electron chi connectivity index (χ2n) is 5.49. The fourth-order valence-electron chi connectivity index (χ4n) is 2.39. The molecular formula is C17H22ClN5O. The highest BCUT2D eigenvalue weighted by atomic mass is 35.5. The van der Waals surface area contributed by atoms with Crippen LogP contribution in [0.4, 0.5) is 0 Å². The Labute approximate surface area is 147 Å². The van der Waals surface area contributed by atoms with Gasteiger partial charge in [0.25, 0.3) is 5.91 Å². The van der Waals surface area contributed by atoms with Crippen molar-refractivity contribution >= 4 is 17.5 Å². The zero-order valence-electron chi connectivity index (χ0n) is 13.5. The number of carbonyl (C=O) groups excluding carboxylic acids is 1. The summed E-state index contributed by atoms with van der Waals surface area (Å²) in [6.45, 7) is 5.93. The topological polar surface area (TPSA) is 80.2 Å². The standard InChI is InChI=1S/C17H22ClN5O/c18-16-4-2-1-3-14(16)13-22-17(24)15(11-19)12-21-7-10-23-8-5-20-6-9-23/h1-4,12,20-21H,5-10,13H2,(H,22,24)/b15-12-. The minimum Gasteiger partial charge on any atom is -0.388 e. The van der Waals surface area contributed by atoms with Gasteiger partial charge in [0, 0.05) is 57.0 Å². The minimum atomic E-state index is -0.410. The van der Waals surface area contributed by atoms with Crippen LogP contribution < -0.4 is 16.0 Å². The second kappa shape index (κ2) is 9.93. The number of carbonyl (C=O) groups is 1. The Kier molecular flexibility index (Phi) is 7.56. The first kappa shape index (κ1) is 18.3. The van der Waals surface area contributed by atoms with E-state index in [-0.39, 0.29) is 12.1 Å². The molecule has 0 unspecified atom stereocenters. The maximum absolute atomic E-state index is 12.1. The summed E-state index contributed by atoms with van der Waals surface area (Å²) in [5, 5.41) is 18.8. The fourth-order valence-corrected chi connectivity index (χ4v) is 2.60. The summed E-state index contributed by atoms with van der Waals surface area (Å²) in [7, 11) is 0. The Hall–Kier alpha value is -2.07. The van der Waals surface area contributed by atoms with Gasteiger partial charge >= 0.3 is 0 Å². The van der Waals surface area contributed by atoms with Crippen LogP contribution in [-0.2, 0) is 11.3 Å². The van der Waals surface area contributed by atoms with E-state index in [1.165, 1.54) is 6.20 Å². The van der Waals surface area contributed by atoms with Crippen LogP contribution in [0.1, 0.15) is 5.56 Å². The van der Waals surface area contributed by atoms with Gasteiger partial charge < -0.3 is 16.0 Å². The molecule has 1 saturated heterocycles. The van der Waals surface area contributed by atoms with Crippen LogP contribution in [0.15, 0.2) is 36.0 Å². The Balaban J connectivity index is 1.76. The van der Waals surface area contributed by atoms with E-state index in [0.29, 0.717) is 11.6 Å². The molecule has 0 radical (unpaired) electrons. The molecule has 1 aliphatic heterocycles. The summed E-state index contributed by atoms with van der Waals surface area (Å²) in [6.07, 6.45) is 1.48. The lowest BCUT2D eigenvalue weighted by atomic mass is 10.2. The van der Waals surface area contributed by atoms with Crippen molar-refractivity contribution in [2.24, 2.45) is 0 Å². The summed E-state index contributed by atoms with van der Waals surface area (Å²) < 4.78 is 0. The highest BCUT2D eigenvalue weighted by molar-refractivity contribution is 6.31. The number of halogens is 1. The van der Waals surface area contributed by atoms with E-state index in [4.69, 9.17) is 16.9 Å². The number of hydrogen-bond donors (Lipinski definition) is 3. The van der Waals surface area contributed by atoms with Crippen molar-refractivity contribution < 1.29 is 4.79 Å². The van der Waals surface area contributed by atoms with Crippen molar-refractivity contribution in [3.63, 3.8) is 0 Å². The van der Waals surface area contributed by atoms with Crippen molar-refractivity contribution in [1.82, 2.24) is 20.9 Å². The van der Waals surface area contributed by atoms with Crippen LogP contribution in [0.25, 0.3) is 0 Å². The van der Waals surface area contributed by atoms with E-state index >= 15 is 0 Å². The first-order valence-electron chi connectivity index (χ1n) is 7.99. The molecule has 1 amide bonds. The van der Waals surface area contributed by atoms with Crippen molar-refractivity contribution in [3.05, 3.63) is 46.6 Å². The quantitative estimate of drug-likeness (QED) is 0.387. The molecule has 0 aromatic heterocycles. The summed E-state index contributed by atoms with van der Waals surface area (Å²) in [6, 6.07) is 9.21. The largest absolute Gasteiger partial charge is 0.388 e. The monoisotopic (exact) mass is 347 g/mol. The lowest BCUT2D eigenvalue weighted by molar-refractivity contribution is -0.117. The molecule has 1 aromatic carbocycles. The molecule has 0 spiro atoms. The van der Waals surface area contributed by atoms with Crippen LogP contribution in [-0.4, -0.2) is 50.1 Å². The van der Waals surface area contributed by atoms with E-state index in [2.05, 4.69) is 20.9 Å². The number of hydrogen-bond acceptors (Lipinski definition) is 5. The second-order valence-corrected chi connectivity index (χ2v) is 5.90. The maximum atomic E-state index is 12.1. The van der Waals surface area contributed by atoms with Gasteiger partial charge in [0.1, 0.15) is 11.6 Å². The Morgan fingerprint density at radius 2 is 2.12 bits per heavy atom. The zero-order valence-corrected chi connectivity index (χ0v) is 14.3. The van der Waals surface area contributed by atoms with E-state index in [1.54, 1.807) is 6.07 Å². The predicted octanol–water partition coefficient (Wildman–Crippen LogP) is 0.858. The van der Waals surface area contributed by atoms with E-state index in [0.717, 1.165) is 38.3 Å². The van der Waals surface area contributed by atoms with E-state index in [9.17, 15) is 4.79 Å². The molecule has 7 heteroatoms. The van der Waals surface area contributed by atoms with Crippen LogP contribution in [0.3, 0.4) is 0 Å². The molecule has 0 aliphatic carbocycles. The predicted molar refractivity (Wildman–Crippen MR) is 94.3 cm³/mol. The zero-order chi connectivity index (χ0) is 17.2. The molecule has 128 valence electrons. The number of nitrogens with one attached hydrogen (secondary N) is 3. The Bertz CT molecular complexity index is 620. The third-order valence-corrected chi connectivity index (χ3v) is 4.16. The van der Waals surface area contributed by atoms with Crippen LogP contribution in [0.5, 0.6) is 0 Å². The van der Waals surface area contributed by atoms with E-state index < -0.39 is 5.91 Å². The molecule has 6 nitrogen and oxygen atoms in total. The van der Waals surface area contributed by atoms with Gasteiger partial charge in [0.2, 0.25) is 0 Å². The molecule has 24 heavy (non-hydrogen) atoms. The van der Waals surface area contributed by atoms with Crippen LogP contribution in [0, 0.1) is 11.3 Å². The van der Waals surface area contributed by atoms with Crippen LogP contribution in [0.2, 0.25) is 5.02 Å². The number of piperazine rings is 1. The van der Waals surface area contributed by atoms with E-state index in [1.807, 2.05) is 24.3 Å². The summed E-state index contributed by atoms with van der Waals surface area (Å²) in [5.41, 5.74) is 0.874. The summed E-state index contributed by atoms with van der Waals surface area (Å²) in [4.78, 5) is 14.4. The Morgan fingerprint density at radius 1 is 1.38 bits per heavy atom. The number of benzene rings is 1. The SMILES string of the molecule is N#C/C(=C/NCCN1CCNCC1)C(=O)NCc1ccccc1Cl. The molecule has 1 aliphatic rings. The number of amides is 1. The normalized spacial score (nSPS) is 15.6. The van der Waals surface area contributed by atoms with Gasteiger partial charge in [-0.2, -0.15) is 5.26 Å². The van der Waals surface area contributed by atoms with Gasteiger partial charge in [-0.1, -0.05) is 29.8 Å². The number of nitriles is 1. The average Bonchev–Trinajstić information content (AvgIpc) is 2.62. The third kappa shape index (κ3) is 5.85. The molecule has 1 fully saturated rings. The van der Waals surface area contributed by atoms with Gasteiger partial charge in [0.15, 0.2) is 0 Å². The minimum absolute atomic E-state index is 0.0577. The van der Waals surface area contributed by atoms with Crippen molar-refractivity contribution in [3.8, 4) is 6.07 Å². The fraction of sp³-hybridized carbons (Fsp3) is 0.412. The third-order valence-electron chi connectivity index (χ3n) is 3.79. The highest BCUT2D eigenvalue weighted by Crippen LogP contribution is 2.14. The summed E-state index contributed by atoms with van der Waals surface area (Å²) in [5.74, 6) is -0.410. The molecular weight excluding hydrogens is 326 g/mol. The van der Waals surface area contributed by atoms with Gasteiger partial charge in [-0.25, -0.2) is 0 Å². The van der Waals surface area contributed by atoms with Crippen molar-refractivity contribution in [1.29, 1.82) is 5.26 Å². The van der Waals surface area contributed by atoms with Crippen molar-refractivity contribution in [2.75, 3.05) is 39.3 Å². The highest BCUT2D eigenvalue weighted by Gasteiger charge is 2.10. The van der Waals surface area contributed by atoms with Gasteiger partial charge in [-0.05, 0) is 11.6 Å². The van der Waals surface area contributed by atoms with Gasteiger partial charge in [-0.3, -0.25) is 9.69 Å².